The van der Waals surface area contributed by atoms with E-state index in [4.69, 9.17) is 10.1 Å². The van der Waals surface area contributed by atoms with Crippen molar-refractivity contribution in [2.24, 2.45) is 0 Å². The molecule has 0 amide bonds. The summed E-state index contributed by atoms with van der Waals surface area (Å²) in [4.78, 5) is 0. The van der Waals surface area contributed by atoms with E-state index in [9.17, 15) is 0 Å². The van der Waals surface area contributed by atoms with Gasteiger partial charge in [0.1, 0.15) is 0 Å². The van der Waals surface area contributed by atoms with Gasteiger partial charge >= 0.3 is 0 Å². The molecule has 2 aromatic rings. The predicted octanol–water partition coefficient (Wildman–Crippen LogP) is 4.21. The first-order valence-electron chi connectivity index (χ1n) is 7.66. The third-order valence-corrected chi connectivity index (χ3v) is 4.05. The zero-order chi connectivity index (χ0) is 13.8. The van der Waals surface area contributed by atoms with Crippen molar-refractivity contribution in [3.63, 3.8) is 0 Å². The van der Waals surface area contributed by atoms with Gasteiger partial charge in [-0.2, -0.15) is 0 Å². The number of hydrogen-bond donors (Lipinski definition) is 0. The number of piperidine rings is 1. The Morgan fingerprint density at radius 3 is 2.75 bits per heavy atom. The molecule has 2 aromatic carbocycles. The lowest BCUT2D eigenvalue weighted by Gasteiger charge is -2.37. The van der Waals surface area contributed by atoms with Crippen LogP contribution in [0, 0.1) is 0 Å². The van der Waals surface area contributed by atoms with Gasteiger partial charge in [0.05, 0.1) is 0 Å². The summed E-state index contributed by atoms with van der Waals surface area (Å²) < 4.78 is 6.25. The van der Waals surface area contributed by atoms with E-state index >= 15 is 0 Å². The molecule has 1 heterocycles. The number of fused-ring (bicyclic) bond motifs is 1. The Morgan fingerprint density at radius 1 is 1.10 bits per heavy atom. The molecule has 1 saturated heterocycles. The molecular weight excluding hydrogens is 246 g/mol. The molecule has 105 valence electrons. The van der Waals surface area contributed by atoms with Gasteiger partial charge in [-0.25, -0.2) is 5.32 Å². The number of nitrogens with zero attached hydrogens (tertiary/aromatic N) is 1. The van der Waals surface area contributed by atoms with E-state index in [0.29, 0.717) is 0 Å². The maximum Gasteiger partial charge on any atom is 0.160 e. The lowest BCUT2D eigenvalue weighted by atomic mass is 9.89. The van der Waals surface area contributed by atoms with Gasteiger partial charge in [0.2, 0.25) is 0 Å². The average Bonchev–Trinajstić information content (AvgIpc) is 2.53. The van der Waals surface area contributed by atoms with Crippen molar-refractivity contribution < 1.29 is 4.74 Å². The highest BCUT2D eigenvalue weighted by Crippen LogP contribution is 2.37. The first kappa shape index (κ1) is 13.6. The Hall–Kier alpha value is -1.38. The predicted molar refractivity (Wildman–Crippen MR) is 82.7 cm³/mol. The fourth-order valence-corrected chi connectivity index (χ4v) is 3.07. The lowest BCUT2D eigenvalue weighted by molar-refractivity contribution is -0.0961. The molecule has 0 spiro atoms. The molecule has 0 N–H and O–H groups in total. The average molecular weight is 268 g/mol. The molecule has 2 heteroatoms. The van der Waals surface area contributed by atoms with E-state index in [1.54, 1.807) is 0 Å². The fourth-order valence-electron chi connectivity index (χ4n) is 3.07. The summed E-state index contributed by atoms with van der Waals surface area (Å²) in [6.45, 7) is 3.83. The minimum Gasteiger partial charge on any atom is -0.355 e. The summed E-state index contributed by atoms with van der Waals surface area (Å²) in [5.74, 6) is 0. The molecular formula is C18H22NO. The van der Waals surface area contributed by atoms with Crippen molar-refractivity contribution in [2.75, 3.05) is 13.2 Å². The van der Waals surface area contributed by atoms with Crippen LogP contribution in [0.1, 0.15) is 38.2 Å². The Balaban J connectivity index is 2.08. The highest BCUT2D eigenvalue weighted by atomic mass is 16.5. The highest BCUT2D eigenvalue weighted by Gasteiger charge is 2.36. The first-order valence-corrected chi connectivity index (χ1v) is 7.66. The van der Waals surface area contributed by atoms with Crippen LogP contribution in [0.5, 0.6) is 0 Å². The fraction of sp³-hybridized carbons (Fsp3) is 0.444. The minimum atomic E-state index is -0.422. The molecule has 0 saturated carbocycles. The molecule has 1 unspecified atom stereocenters. The van der Waals surface area contributed by atoms with Crippen LogP contribution < -0.4 is 5.32 Å². The first-order chi connectivity index (χ1) is 9.86. The Kier molecular flexibility index (Phi) is 4.04. The lowest BCUT2D eigenvalue weighted by Crippen LogP contribution is -2.43. The maximum absolute atomic E-state index is 6.25. The quantitative estimate of drug-likeness (QED) is 0.814. The van der Waals surface area contributed by atoms with Crippen LogP contribution in [0.15, 0.2) is 42.5 Å². The van der Waals surface area contributed by atoms with E-state index in [-0.39, 0.29) is 0 Å². The third-order valence-electron chi connectivity index (χ3n) is 4.05. The largest absolute Gasteiger partial charge is 0.355 e. The van der Waals surface area contributed by atoms with Gasteiger partial charge in [0.25, 0.3) is 0 Å². The molecule has 1 aliphatic rings. The smallest absolute Gasteiger partial charge is 0.160 e. The van der Waals surface area contributed by atoms with Gasteiger partial charge in [-0.05, 0) is 36.5 Å². The van der Waals surface area contributed by atoms with Crippen molar-refractivity contribution in [3.8, 4) is 0 Å². The van der Waals surface area contributed by atoms with Gasteiger partial charge in [0.15, 0.2) is 5.72 Å². The van der Waals surface area contributed by atoms with Crippen LogP contribution in [0.4, 0.5) is 0 Å². The van der Waals surface area contributed by atoms with Gasteiger partial charge in [-0.3, -0.25) is 0 Å². The van der Waals surface area contributed by atoms with Crippen molar-refractivity contribution >= 4 is 10.8 Å². The second-order valence-electron chi connectivity index (χ2n) is 5.50. The van der Waals surface area contributed by atoms with Crippen LogP contribution in [0.25, 0.3) is 10.8 Å². The summed E-state index contributed by atoms with van der Waals surface area (Å²) in [6, 6.07) is 15.0. The number of benzene rings is 2. The summed E-state index contributed by atoms with van der Waals surface area (Å²) in [5, 5.41) is 7.44. The van der Waals surface area contributed by atoms with Crippen LogP contribution in [0.2, 0.25) is 0 Å². The summed E-state index contributed by atoms with van der Waals surface area (Å²) in [7, 11) is 0. The van der Waals surface area contributed by atoms with Crippen LogP contribution in [-0.4, -0.2) is 13.2 Å². The van der Waals surface area contributed by atoms with Crippen LogP contribution in [-0.2, 0) is 10.5 Å². The van der Waals surface area contributed by atoms with Gasteiger partial charge in [-0.1, -0.05) is 49.4 Å². The van der Waals surface area contributed by atoms with Gasteiger partial charge in [-0.15, -0.1) is 0 Å². The maximum atomic E-state index is 6.25. The second kappa shape index (κ2) is 5.94. The third kappa shape index (κ3) is 2.46. The van der Waals surface area contributed by atoms with Crippen LogP contribution >= 0.6 is 0 Å². The van der Waals surface area contributed by atoms with Crippen molar-refractivity contribution in [3.05, 3.63) is 48.0 Å². The Morgan fingerprint density at radius 2 is 1.95 bits per heavy atom. The van der Waals surface area contributed by atoms with Crippen molar-refractivity contribution in [2.45, 2.75) is 38.3 Å². The number of hydrogen-bond acceptors (Lipinski definition) is 1. The normalized spacial score (nSPS) is 23.1. The molecule has 1 atom stereocenters. The van der Waals surface area contributed by atoms with Crippen molar-refractivity contribution in [1.29, 1.82) is 0 Å². The Bertz CT molecular complexity index is 567. The van der Waals surface area contributed by atoms with E-state index in [1.807, 2.05) is 0 Å². The number of rotatable bonds is 4. The SMILES string of the molecule is CCCOC1(c2cccc3ccccc23)CCCC[N]1. The van der Waals surface area contributed by atoms with E-state index < -0.39 is 5.72 Å². The van der Waals surface area contributed by atoms with Gasteiger partial charge in [0, 0.05) is 18.7 Å². The summed E-state index contributed by atoms with van der Waals surface area (Å²) >= 11 is 0. The standard InChI is InChI=1S/C18H22NO/c1-2-14-20-18(12-5-6-13-19-18)17-11-7-9-15-8-3-4-10-16(15)17/h3-4,7-11H,2,5-6,12-14H2,1H3. The number of ether oxygens (including phenoxy) is 1. The zero-order valence-corrected chi connectivity index (χ0v) is 12.1. The van der Waals surface area contributed by atoms with Crippen molar-refractivity contribution in [1.82, 2.24) is 5.32 Å². The molecule has 3 rings (SSSR count). The molecule has 2 nitrogen and oxygen atoms in total. The molecule has 0 bridgehead atoms. The Labute approximate surface area is 121 Å². The molecule has 0 aliphatic carbocycles. The van der Waals surface area contributed by atoms with E-state index in [1.165, 1.54) is 29.2 Å². The summed E-state index contributed by atoms with van der Waals surface area (Å²) in [5.41, 5.74) is 0.818. The summed E-state index contributed by atoms with van der Waals surface area (Å²) in [6.07, 6.45) is 4.40. The van der Waals surface area contributed by atoms with E-state index in [0.717, 1.165) is 26.0 Å². The molecule has 1 aliphatic heterocycles. The molecule has 1 radical (unpaired) electrons. The van der Waals surface area contributed by atoms with E-state index in [2.05, 4.69) is 49.4 Å². The molecule has 1 fully saturated rings. The van der Waals surface area contributed by atoms with Crippen LogP contribution in [0.3, 0.4) is 0 Å². The van der Waals surface area contributed by atoms with Gasteiger partial charge < -0.3 is 4.74 Å². The zero-order valence-electron chi connectivity index (χ0n) is 12.1. The second-order valence-corrected chi connectivity index (χ2v) is 5.50. The molecule has 20 heavy (non-hydrogen) atoms. The topological polar surface area (TPSA) is 23.3 Å². The highest BCUT2D eigenvalue weighted by molar-refractivity contribution is 5.86. The monoisotopic (exact) mass is 268 g/mol. The minimum absolute atomic E-state index is 0.422. The molecule has 0 aromatic heterocycles.